The Bertz CT molecular complexity index is 1170. The fourth-order valence-electron chi connectivity index (χ4n) is 3.60. The highest BCUT2D eigenvalue weighted by atomic mass is 79.9. The highest BCUT2D eigenvalue weighted by Crippen LogP contribution is 2.42. The number of carbonyl (C=O) groups is 2. The third-order valence-corrected chi connectivity index (χ3v) is 6.24. The quantitative estimate of drug-likeness (QED) is 0.281. The van der Waals surface area contributed by atoms with Gasteiger partial charge in [-0.2, -0.15) is 0 Å². The summed E-state index contributed by atoms with van der Waals surface area (Å²) in [6.07, 6.45) is 0. The van der Waals surface area contributed by atoms with Crippen LogP contribution in [0.15, 0.2) is 82.8 Å². The summed E-state index contributed by atoms with van der Waals surface area (Å²) in [5, 5.41) is 11.7. The zero-order chi connectivity index (χ0) is 21.4. The van der Waals surface area contributed by atoms with E-state index in [4.69, 9.17) is 11.6 Å². The summed E-state index contributed by atoms with van der Waals surface area (Å²) < 4.78 is 0.887. The van der Waals surface area contributed by atoms with Crippen LogP contribution in [0.2, 0.25) is 5.02 Å². The number of hydrogen-bond donors (Lipinski definition) is 1. The van der Waals surface area contributed by atoms with Gasteiger partial charge in [-0.05, 0) is 54.4 Å². The van der Waals surface area contributed by atoms with E-state index >= 15 is 0 Å². The number of aliphatic hydroxyl groups is 1. The first-order valence-corrected chi connectivity index (χ1v) is 10.4. The van der Waals surface area contributed by atoms with Crippen molar-refractivity contribution in [3.63, 3.8) is 0 Å². The van der Waals surface area contributed by atoms with Gasteiger partial charge in [0.1, 0.15) is 5.76 Å². The van der Waals surface area contributed by atoms with Gasteiger partial charge in [0.15, 0.2) is 0 Å². The molecule has 0 saturated carbocycles. The standard InChI is InChI=1S/C24H17BrClNO3/c1-14-13-16(9-12-19(14)25)22(28)20-21(15-7-10-17(26)11-8-15)27(24(30)23(20)29)18-5-3-2-4-6-18/h2-13,21,28H,1H3/b22-20-. The Labute approximate surface area is 187 Å². The average molecular weight is 483 g/mol. The predicted octanol–water partition coefficient (Wildman–Crippen LogP) is 6.04. The molecule has 1 heterocycles. The van der Waals surface area contributed by atoms with Gasteiger partial charge in [-0.15, -0.1) is 0 Å². The molecule has 1 N–H and O–H groups in total. The van der Waals surface area contributed by atoms with Crippen LogP contribution < -0.4 is 4.90 Å². The van der Waals surface area contributed by atoms with Crippen molar-refractivity contribution in [3.05, 3.63) is 105 Å². The molecular formula is C24H17BrClNO3. The Morgan fingerprint density at radius 3 is 2.30 bits per heavy atom. The van der Waals surface area contributed by atoms with Crippen molar-refractivity contribution in [1.82, 2.24) is 0 Å². The average Bonchev–Trinajstić information content (AvgIpc) is 3.01. The minimum absolute atomic E-state index is 0.0490. The molecule has 1 atom stereocenters. The lowest BCUT2D eigenvalue weighted by Gasteiger charge is -2.25. The zero-order valence-electron chi connectivity index (χ0n) is 16.0. The van der Waals surface area contributed by atoms with E-state index in [0.29, 0.717) is 21.8 Å². The second-order valence-electron chi connectivity index (χ2n) is 7.02. The number of nitrogens with zero attached hydrogens (tertiary/aromatic N) is 1. The number of Topliss-reactive ketones (excluding diaryl/α,β-unsaturated/α-hetero) is 1. The minimum Gasteiger partial charge on any atom is -0.507 e. The van der Waals surface area contributed by atoms with Crippen LogP contribution in [0.3, 0.4) is 0 Å². The van der Waals surface area contributed by atoms with Crippen molar-refractivity contribution in [2.75, 3.05) is 4.90 Å². The lowest BCUT2D eigenvalue weighted by molar-refractivity contribution is -0.132. The summed E-state index contributed by atoms with van der Waals surface area (Å²) in [5.41, 5.74) is 2.68. The summed E-state index contributed by atoms with van der Waals surface area (Å²) in [5.74, 6) is -1.62. The van der Waals surface area contributed by atoms with Crippen LogP contribution in [0.4, 0.5) is 5.69 Å². The maximum Gasteiger partial charge on any atom is 0.300 e. The highest BCUT2D eigenvalue weighted by Gasteiger charge is 2.46. The third-order valence-electron chi connectivity index (χ3n) is 5.10. The zero-order valence-corrected chi connectivity index (χ0v) is 18.3. The lowest BCUT2D eigenvalue weighted by atomic mass is 9.95. The second kappa shape index (κ2) is 8.09. The number of aliphatic hydroxyl groups excluding tert-OH is 1. The van der Waals surface area contributed by atoms with Crippen LogP contribution in [0.25, 0.3) is 5.76 Å². The Hall–Kier alpha value is -2.89. The number of anilines is 1. The number of benzene rings is 3. The Kier molecular flexibility index (Phi) is 5.50. The molecular weight excluding hydrogens is 466 g/mol. The number of halogens is 2. The molecule has 4 nitrogen and oxygen atoms in total. The van der Waals surface area contributed by atoms with Gasteiger partial charge in [0.05, 0.1) is 11.6 Å². The van der Waals surface area contributed by atoms with E-state index < -0.39 is 17.7 Å². The van der Waals surface area contributed by atoms with E-state index in [0.717, 1.165) is 10.0 Å². The fourth-order valence-corrected chi connectivity index (χ4v) is 3.97. The number of hydrogen-bond acceptors (Lipinski definition) is 3. The molecule has 3 aromatic carbocycles. The first-order chi connectivity index (χ1) is 14.4. The molecule has 1 unspecified atom stereocenters. The summed E-state index contributed by atoms with van der Waals surface area (Å²) in [7, 11) is 0. The molecule has 150 valence electrons. The van der Waals surface area contributed by atoms with Crippen LogP contribution in [-0.4, -0.2) is 16.8 Å². The van der Waals surface area contributed by atoms with Crippen LogP contribution in [-0.2, 0) is 9.59 Å². The number of para-hydroxylation sites is 1. The summed E-state index contributed by atoms with van der Waals surface area (Å²) in [6.45, 7) is 1.89. The van der Waals surface area contributed by atoms with Gasteiger partial charge in [-0.25, -0.2) is 0 Å². The number of rotatable bonds is 3. The number of amides is 1. The van der Waals surface area contributed by atoms with Crippen molar-refractivity contribution in [2.45, 2.75) is 13.0 Å². The first kappa shape index (κ1) is 20.4. The van der Waals surface area contributed by atoms with E-state index in [1.807, 2.05) is 13.0 Å². The molecule has 4 rings (SSSR count). The van der Waals surface area contributed by atoms with Gasteiger partial charge < -0.3 is 5.11 Å². The van der Waals surface area contributed by atoms with Crippen LogP contribution in [0.5, 0.6) is 0 Å². The Balaban J connectivity index is 1.95. The molecule has 0 aromatic heterocycles. The molecule has 1 aliphatic rings. The molecule has 1 aliphatic heterocycles. The van der Waals surface area contributed by atoms with Crippen molar-refractivity contribution in [1.29, 1.82) is 0 Å². The van der Waals surface area contributed by atoms with Crippen molar-refractivity contribution >= 4 is 50.7 Å². The maximum absolute atomic E-state index is 13.1. The normalized spacial score (nSPS) is 18.1. The van der Waals surface area contributed by atoms with Gasteiger partial charge in [0.25, 0.3) is 11.7 Å². The van der Waals surface area contributed by atoms with Crippen molar-refractivity contribution in [2.24, 2.45) is 0 Å². The van der Waals surface area contributed by atoms with Gasteiger partial charge in [-0.1, -0.05) is 63.9 Å². The summed E-state index contributed by atoms with van der Waals surface area (Å²) in [6, 6.07) is 20.4. The number of aryl methyl sites for hydroxylation is 1. The molecule has 30 heavy (non-hydrogen) atoms. The second-order valence-corrected chi connectivity index (χ2v) is 8.31. The molecule has 1 fully saturated rings. The van der Waals surface area contributed by atoms with E-state index in [-0.39, 0.29) is 11.3 Å². The summed E-state index contributed by atoms with van der Waals surface area (Å²) in [4.78, 5) is 27.5. The van der Waals surface area contributed by atoms with Crippen LogP contribution in [0, 0.1) is 6.92 Å². The van der Waals surface area contributed by atoms with E-state index in [1.165, 1.54) is 4.90 Å². The minimum atomic E-state index is -0.770. The Morgan fingerprint density at radius 2 is 1.67 bits per heavy atom. The Morgan fingerprint density at radius 1 is 1.00 bits per heavy atom. The monoisotopic (exact) mass is 481 g/mol. The molecule has 3 aromatic rings. The SMILES string of the molecule is Cc1cc(/C(O)=C2/C(=O)C(=O)N(c3ccccc3)C2c2ccc(Cl)cc2)ccc1Br. The largest absolute Gasteiger partial charge is 0.507 e. The number of ketones is 1. The highest BCUT2D eigenvalue weighted by molar-refractivity contribution is 9.10. The van der Waals surface area contributed by atoms with Gasteiger partial charge in [0, 0.05) is 20.7 Å². The smallest absolute Gasteiger partial charge is 0.300 e. The molecule has 0 radical (unpaired) electrons. The van der Waals surface area contributed by atoms with E-state index in [2.05, 4.69) is 15.9 Å². The molecule has 0 spiro atoms. The van der Waals surface area contributed by atoms with E-state index in [1.54, 1.807) is 66.7 Å². The van der Waals surface area contributed by atoms with E-state index in [9.17, 15) is 14.7 Å². The third kappa shape index (κ3) is 3.55. The summed E-state index contributed by atoms with van der Waals surface area (Å²) >= 11 is 9.48. The van der Waals surface area contributed by atoms with Crippen molar-refractivity contribution < 1.29 is 14.7 Å². The predicted molar refractivity (Wildman–Crippen MR) is 122 cm³/mol. The molecule has 0 aliphatic carbocycles. The van der Waals surface area contributed by atoms with Crippen LogP contribution in [0.1, 0.15) is 22.7 Å². The lowest BCUT2D eigenvalue weighted by Crippen LogP contribution is -2.29. The molecule has 6 heteroatoms. The van der Waals surface area contributed by atoms with Crippen molar-refractivity contribution in [3.8, 4) is 0 Å². The van der Waals surface area contributed by atoms with Gasteiger partial charge >= 0.3 is 0 Å². The first-order valence-electron chi connectivity index (χ1n) is 9.26. The van der Waals surface area contributed by atoms with Gasteiger partial charge in [-0.3, -0.25) is 14.5 Å². The fraction of sp³-hybridized carbons (Fsp3) is 0.0833. The topological polar surface area (TPSA) is 57.6 Å². The van der Waals surface area contributed by atoms with Crippen LogP contribution >= 0.6 is 27.5 Å². The molecule has 0 bridgehead atoms. The van der Waals surface area contributed by atoms with Gasteiger partial charge in [0.2, 0.25) is 0 Å². The number of carbonyl (C=O) groups excluding carboxylic acids is 2. The molecule has 1 amide bonds. The maximum atomic E-state index is 13.1. The molecule has 1 saturated heterocycles.